The molecule has 1 aliphatic heterocycles. The second kappa shape index (κ2) is 4.84. The number of rotatable bonds is 2. The lowest BCUT2D eigenvalue weighted by Gasteiger charge is -2.39. The molecule has 2 heteroatoms. The third-order valence-corrected chi connectivity index (χ3v) is 4.07. The van der Waals surface area contributed by atoms with Crippen LogP contribution in [0.4, 0.5) is 0 Å². The highest BCUT2D eigenvalue weighted by molar-refractivity contribution is 4.82. The topological polar surface area (TPSA) is 29.3 Å². The molecule has 0 radical (unpaired) electrons. The summed E-state index contributed by atoms with van der Waals surface area (Å²) in [7, 11) is 0. The Morgan fingerprint density at radius 3 is 2.47 bits per heavy atom. The number of hydrogen-bond donors (Lipinski definition) is 1. The molecule has 90 valence electrons. The summed E-state index contributed by atoms with van der Waals surface area (Å²) in [5, 5.41) is 0. The molecule has 0 spiro atoms. The maximum absolute atomic E-state index is 6.03. The first-order valence-electron chi connectivity index (χ1n) is 6.28. The van der Waals surface area contributed by atoms with Crippen molar-refractivity contribution in [3.05, 3.63) is 0 Å². The van der Waals surface area contributed by atoms with Gasteiger partial charge in [0, 0.05) is 19.1 Å². The number of likely N-dealkylation sites (tertiary alicyclic amines) is 1. The molecule has 1 heterocycles. The van der Waals surface area contributed by atoms with Gasteiger partial charge in [-0.05, 0) is 30.2 Å². The molecular weight excluding hydrogens is 184 g/mol. The zero-order valence-electron chi connectivity index (χ0n) is 11.1. The van der Waals surface area contributed by atoms with Crippen molar-refractivity contribution in [2.24, 2.45) is 23.0 Å². The van der Waals surface area contributed by atoms with Crippen molar-refractivity contribution in [2.75, 3.05) is 19.6 Å². The normalized spacial score (nSPS) is 31.6. The van der Waals surface area contributed by atoms with Crippen LogP contribution in [0.3, 0.4) is 0 Å². The molecule has 0 bridgehead atoms. The number of nitrogens with zero attached hydrogens (tertiary/aromatic N) is 1. The van der Waals surface area contributed by atoms with Gasteiger partial charge in [-0.25, -0.2) is 0 Å². The molecule has 0 amide bonds. The molecule has 15 heavy (non-hydrogen) atoms. The van der Waals surface area contributed by atoms with E-state index in [0.717, 1.165) is 12.3 Å². The van der Waals surface area contributed by atoms with Gasteiger partial charge < -0.3 is 10.6 Å². The van der Waals surface area contributed by atoms with E-state index >= 15 is 0 Å². The van der Waals surface area contributed by atoms with Crippen LogP contribution in [0.5, 0.6) is 0 Å². The van der Waals surface area contributed by atoms with Crippen LogP contribution in [0, 0.1) is 17.3 Å². The zero-order chi connectivity index (χ0) is 11.6. The largest absolute Gasteiger partial charge is 0.327 e. The first kappa shape index (κ1) is 13.0. The number of piperidine rings is 1. The highest BCUT2D eigenvalue weighted by atomic mass is 15.1. The molecule has 0 aromatic rings. The lowest BCUT2D eigenvalue weighted by molar-refractivity contribution is 0.111. The van der Waals surface area contributed by atoms with Gasteiger partial charge in [0.15, 0.2) is 0 Å². The van der Waals surface area contributed by atoms with E-state index in [2.05, 4.69) is 39.5 Å². The smallest absolute Gasteiger partial charge is 0.00889 e. The van der Waals surface area contributed by atoms with E-state index in [0.29, 0.717) is 17.4 Å². The van der Waals surface area contributed by atoms with Gasteiger partial charge in [0.2, 0.25) is 0 Å². The Labute approximate surface area is 95.2 Å². The van der Waals surface area contributed by atoms with Crippen molar-refractivity contribution in [2.45, 2.75) is 47.1 Å². The van der Waals surface area contributed by atoms with E-state index in [1.165, 1.54) is 19.6 Å². The molecular formula is C13H28N2. The predicted molar refractivity (Wildman–Crippen MR) is 66.8 cm³/mol. The minimum atomic E-state index is 0.419. The Balaban J connectivity index is 2.40. The summed E-state index contributed by atoms with van der Waals surface area (Å²) in [5.74, 6) is 1.41. The highest BCUT2D eigenvalue weighted by Crippen LogP contribution is 2.27. The standard InChI is InChI=1S/C13H28N2/c1-10-8-15(7-6-12(10)14)9-11(2)13(3,4)5/h10-12H,6-9,14H2,1-5H3. The van der Waals surface area contributed by atoms with Gasteiger partial charge in [-0.1, -0.05) is 34.6 Å². The van der Waals surface area contributed by atoms with Crippen LogP contribution in [0.1, 0.15) is 41.0 Å². The SMILES string of the molecule is CC1CN(CC(C)C(C)(C)C)CCC1N. The monoisotopic (exact) mass is 212 g/mol. The molecule has 0 aliphatic carbocycles. The van der Waals surface area contributed by atoms with E-state index in [1.807, 2.05) is 0 Å². The van der Waals surface area contributed by atoms with Crippen LogP contribution in [-0.2, 0) is 0 Å². The molecule has 2 nitrogen and oxygen atoms in total. The van der Waals surface area contributed by atoms with Gasteiger partial charge in [0.1, 0.15) is 0 Å². The molecule has 0 aromatic carbocycles. The van der Waals surface area contributed by atoms with Crippen molar-refractivity contribution in [3.63, 3.8) is 0 Å². The summed E-state index contributed by atoms with van der Waals surface area (Å²) in [5.41, 5.74) is 6.45. The fraction of sp³-hybridized carbons (Fsp3) is 1.00. The molecule has 3 atom stereocenters. The zero-order valence-corrected chi connectivity index (χ0v) is 11.1. The lowest BCUT2D eigenvalue weighted by atomic mass is 9.81. The fourth-order valence-corrected chi connectivity index (χ4v) is 2.08. The van der Waals surface area contributed by atoms with Gasteiger partial charge >= 0.3 is 0 Å². The van der Waals surface area contributed by atoms with Crippen LogP contribution < -0.4 is 5.73 Å². The predicted octanol–water partition coefficient (Wildman–Crippen LogP) is 2.34. The van der Waals surface area contributed by atoms with Gasteiger partial charge in [-0.2, -0.15) is 0 Å². The average Bonchev–Trinajstić information content (AvgIpc) is 2.10. The van der Waals surface area contributed by atoms with Gasteiger partial charge in [0.05, 0.1) is 0 Å². The molecule has 0 saturated carbocycles. The molecule has 1 aliphatic rings. The molecule has 1 rings (SSSR count). The maximum atomic E-state index is 6.03. The quantitative estimate of drug-likeness (QED) is 0.761. The van der Waals surface area contributed by atoms with Crippen molar-refractivity contribution >= 4 is 0 Å². The first-order valence-corrected chi connectivity index (χ1v) is 6.28. The first-order chi connectivity index (χ1) is 6.80. The third kappa shape index (κ3) is 3.76. The Morgan fingerprint density at radius 1 is 1.40 bits per heavy atom. The molecule has 1 fully saturated rings. The van der Waals surface area contributed by atoms with Crippen molar-refractivity contribution in [1.29, 1.82) is 0 Å². The third-order valence-electron chi connectivity index (χ3n) is 4.07. The summed E-state index contributed by atoms with van der Waals surface area (Å²) in [6, 6.07) is 0.422. The number of hydrogen-bond acceptors (Lipinski definition) is 2. The number of nitrogens with two attached hydrogens (primary N) is 1. The molecule has 3 unspecified atom stereocenters. The van der Waals surface area contributed by atoms with E-state index < -0.39 is 0 Å². The Bertz CT molecular complexity index is 195. The Hall–Kier alpha value is -0.0800. The van der Waals surface area contributed by atoms with E-state index in [1.54, 1.807) is 0 Å². The van der Waals surface area contributed by atoms with Crippen molar-refractivity contribution in [3.8, 4) is 0 Å². The summed E-state index contributed by atoms with van der Waals surface area (Å²) >= 11 is 0. The van der Waals surface area contributed by atoms with Crippen LogP contribution in [-0.4, -0.2) is 30.6 Å². The average molecular weight is 212 g/mol. The Kier molecular flexibility index (Phi) is 4.19. The minimum Gasteiger partial charge on any atom is -0.327 e. The van der Waals surface area contributed by atoms with Gasteiger partial charge in [0.25, 0.3) is 0 Å². The molecule has 1 saturated heterocycles. The summed E-state index contributed by atoms with van der Waals surface area (Å²) in [4.78, 5) is 2.59. The van der Waals surface area contributed by atoms with Crippen LogP contribution >= 0.6 is 0 Å². The van der Waals surface area contributed by atoms with Crippen LogP contribution in [0.15, 0.2) is 0 Å². The lowest BCUT2D eigenvalue weighted by Crippen LogP contribution is -2.48. The summed E-state index contributed by atoms with van der Waals surface area (Å²) in [6.07, 6.45) is 1.16. The van der Waals surface area contributed by atoms with Gasteiger partial charge in [-0.15, -0.1) is 0 Å². The van der Waals surface area contributed by atoms with Crippen LogP contribution in [0.2, 0.25) is 0 Å². The molecule has 2 N–H and O–H groups in total. The maximum Gasteiger partial charge on any atom is 0.00889 e. The van der Waals surface area contributed by atoms with E-state index in [-0.39, 0.29) is 0 Å². The summed E-state index contributed by atoms with van der Waals surface area (Å²) in [6.45, 7) is 15.2. The fourth-order valence-electron chi connectivity index (χ4n) is 2.08. The van der Waals surface area contributed by atoms with Crippen molar-refractivity contribution in [1.82, 2.24) is 4.90 Å². The second-order valence-corrected chi connectivity index (χ2v) is 6.46. The highest BCUT2D eigenvalue weighted by Gasteiger charge is 2.27. The van der Waals surface area contributed by atoms with Crippen molar-refractivity contribution < 1.29 is 0 Å². The van der Waals surface area contributed by atoms with Gasteiger partial charge in [-0.3, -0.25) is 0 Å². The summed E-state index contributed by atoms with van der Waals surface area (Å²) < 4.78 is 0. The minimum absolute atomic E-state index is 0.419. The van der Waals surface area contributed by atoms with E-state index in [4.69, 9.17) is 5.73 Å². The van der Waals surface area contributed by atoms with E-state index in [9.17, 15) is 0 Å². The molecule has 0 aromatic heterocycles. The Morgan fingerprint density at radius 2 is 2.00 bits per heavy atom. The van der Waals surface area contributed by atoms with Crippen LogP contribution in [0.25, 0.3) is 0 Å². The second-order valence-electron chi connectivity index (χ2n) is 6.46.